The number of nitrogens with one attached hydrogen (secondary N) is 1. The van der Waals surface area contributed by atoms with Crippen molar-refractivity contribution in [1.82, 2.24) is 9.62 Å². The van der Waals surface area contributed by atoms with Crippen molar-refractivity contribution in [1.29, 1.82) is 5.26 Å². The minimum absolute atomic E-state index is 0.0180. The average Bonchev–Trinajstić information content (AvgIpc) is 2.67. The first-order chi connectivity index (χ1) is 13.3. The minimum atomic E-state index is -3.28. The highest BCUT2D eigenvalue weighted by molar-refractivity contribution is 7.88. The summed E-state index contributed by atoms with van der Waals surface area (Å²) in [6.45, 7) is 0.998. The van der Waals surface area contributed by atoms with E-state index >= 15 is 0 Å². The Bertz CT molecular complexity index is 820. The molecule has 0 saturated carbocycles. The molecule has 0 bridgehead atoms. The molecule has 1 aliphatic rings. The van der Waals surface area contributed by atoms with Crippen LogP contribution in [0.25, 0.3) is 0 Å². The van der Waals surface area contributed by atoms with Gasteiger partial charge in [-0.2, -0.15) is 5.26 Å². The first kappa shape index (κ1) is 21.9. The Morgan fingerprint density at radius 2 is 2.00 bits per heavy atom. The van der Waals surface area contributed by atoms with Gasteiger partial charge in [-0.05, 0) is 25.0 Å². The van der Waals surface area contributed by atoms with Crippen LogP contribution < -0.4 is 10.2 Å². The number of carbonyl (C=O) groups is 2. The number of sulfonamides is 1. The van der Waals surface area contributed by atoms with Crippen LogP contribution in [0.4, 0.5) is 5.69 Å². The fraction of sp³-hybridized carbons (Fsp3) is 0.526. The minimum Gasteiger partial charge on any atom is -0.352 e. The van der Waals surface area contributed by atoms with Crippen LogP contribution in [0.1, 0.15) is 32.1 Å². The van der Waals surface area contributed by atoms with E-state index in [1.807, 2.05) is 24.3 Å². The van der Waals surface area contributed by atoms with Gasteiger partial charge in [0.15, 0.2) is 0 Å². The normalized spacial score (nSPS) is 17.5. The van der Waals surface area contributed by atoms with Crippen molar-refractivity contribution in [2.45, 2.75) is 38.1 Å². The molecule has 8 nitrogen and oxygen atoms in total. The molecule has 1 heterocycles. The molecule has 0 aliphatic carbocycles. The topological polar surface area (TPSA) is 111 Å². The van der Waals surface area contributed by atoms with Gasteiger partial charge in [-0.1, -0.05) is 18.2 Å². The number of benzene rings is 1. The second-order valence-electron chi connectivity index (χ2n) is 6.82. The molecule has 1 aromatic carbocycles. The van der Waals surface area contributed by atoms with Gasteiger partial charge in [-0.25, -0.2) is 12.7 Å². The molecule has 1 aliphatic heterocycles. The molecular weight excluding hydrogens is 380 g/mol. The summed E-state index contributed by atoms with van der Waals surface area (Å²) in [5.74, 6) is -0.500. The van der Waals surface area contributed by atoms with E-state index in [9.17, 15) is 18.0 Å². The zero-order chi connectivity index (χ0) is 20.6. The van der Waals surface area contributed by atoms with Crippen LogP contribution >= 0.6 is 0 Å². The van der Waals surface area contributed by atoms with Gasteiger partial charge in [0.05, 0.1) is 18.7 Å². The summed E-state index contributed by atoms with van der Waals surface area (Å²) >= 11 is 0. The maximum absolute atomic E-state index is 12.6. The molecule has 152 valence electrons. The number of hydrogen-bond donors (Lipinski definition) is 1. The van der Waals surface area contributed by atoms with Crippen LogP contribution in [0.15, 0.2) is 30.3 Å². The van der Waals surface area contributed by atoms with Crippen molar-refractivity contribution in [3.63, 3.8) is 0 Å². The van der Waals surface area contributed by atoms with Crippen molar-refractivity contribution in [3.05, 3.63) is 30.3 Å². The Hall–Kier alpha value is -2.44. The molecule has 1 fully saturated rings. The number of carbonyl (C=O) groups excluding carboxylic acids is 2. The third-order valence-corrected chi connectivity index (χ3v) is 5.87. The Morgan fingerprint density at radius 1 is 1.29 bits per heavy atom. The number of hydrogen-bond acceptors (Lipinski definition) is 5. The number of para-hydroxylation sites is 1. The lowest BCUT2D eigenvalue weighted by molar-refractivity contribution is -0.125. The molecule has 1 N–H and O–H groups in total. The summed E-state index contributed by atoms with van der Waals surface area (Å²) in [5, 5.41) is 11.7. The Kier molecular flexibility index (Phi) is 7.96. The van der Waals surface area contributed by atoms with E-state index in [0.717, 1.165) is 6.26 Å². The van der Waals surface area contributed by atoms with E-state index in [-0.39, 0.29) is 50.2 Å². The zero-order valence-corrected chi connectivity index (χ0v) is 16.8. The van der Waals surface area contributed by atoms with E-state index in [1.165, 1.54) is 9.21 Å². The van der Waals surface area contributed by atoms with Crippen molar-refractivity contribution in [2.24, 2.45) is 0 Å². The molecule has 1 unspecified atom stereocenters. The van der Waals surface area contributed by atoms with Crippen molar-refractivity contribution >= 4 is 27.5 Å². The zero-order valence-electron chi connectivity index (χ0n) is 16.0. The maximum Gasteiger partial charge on any atom is 0.227 e. The molecule has 1 atom stereocenters. The smallest absolute Gasteiger partial charge is 0.227 e. The molecule has 0 radical (unpaired) electrons. The van der Waals surface area contributed by atoms with E-state index in [1.54, 1.807) is 12.1 Å². The van der Waals surface area contributed by atoms with Gasteiger partial charge in [0.25, 0.3) is 0 Å². The van der Waals surface area contributed by atoms with Gasteiger partial charge in [0, 0.05) is 44.2 Å². The van der Waals surface area contributed by atoms with Gasteiger partial charge in [-0.15, -0.1) is 0 Å². The fourth-order valence-corrected chi connectivity index (χ4v) is 4.10. The summed E-state index contributed by atoms with van der Waals surface area (Å²) in [6.07, 6.45) is 2.81. The molecule has 1 aromatic rings. The molecule has 2 rings (SSSR count). The van der Waals surface area contributed by atoms with Crippen molar-refractivity contribution in [2.75, 3.05) is 30.8 Å². The number of nitrogens with zero attached hydrogens (tertiary/aromatic N) is 3. The monoisotopic (exact) mass is 406 g/mol. The van der Waals surface area contributed by atoms with Gasteiger partial charge in [0.1, 0.15) is 0 Å². The second kappa shape index (κ2) is 10.2. The van der Waals surface area contributed by atoms with E-state index in [0.29, 0.717) is 25.1 Å². The third kappa shape index (κ3) is 6.62. The molecule has 0 spiro atoms. The second-order valence-corrected chi connectivity index (χ2v) is 8.80. The standard InChI is InChI=1S/C19H26N4O4S/c1-28(26,27)22-13-5-7-16(15-22)21-18(24)10-11-19(25)23(14-6-12-20)17-8-3-2-4-9-17/h2-4,8-9,16H,5-7,10-11,13-15H2,1H3,(H,21,24). The van der Waals surface area contributed by atoms with E-state index < -0.39 is 10.0 Å². The van der Waals surface area contributed by atoms with E-state index in [2.05, 4.69) is 5.32 Å². The maximum atomic E-state index is 12.6. The van der Waals surface area contributed by atoms with Crippen LogP contribution in [0.2, 0.25) is 0 Å². The van der Waals surface area contributed by atoms with Gasteiger partial charge in [-0.3, -0.25) is 9.59 Å². The first-order valence-corrected chi connectivity index (χ1v) is 11.1. The summed E-state index contributed by atoms with van der Waals surface area (Å²) < 4.78 is 24.7. The largest absolute Gasteiger partial charge is 0.352 e. The Labute approximate surface area is 166 Å². The molecule has 0 aromatic heterocycles. The quantitative estimate of drug-likeness (QED) is 0.699. The lowest BCUT2D eigenvalue weighted by Crippen LogP contribution is -2.49. The predicted molar refractivity (Wildman–Crippen MR) is 106 cm³/mol. The summed E-state index contributed by atoms with van der Waals surface area (Å²) in [4.78, 5) is 26.3. The van der Waals surface area contributed by atoms with Crippen LogP contribution in [0.5, 0.6) is 0 Å². The number of amides is 2. The number of piperidine rings is 1. The Morgan fingerprint density at radius 3 is 2.64 bits per heavy atom. The third-order valence-electron chi connectivity index (χ3n) is 4.60. The summed E-state index contributed by atoms with van der Waals surface area (Å²) in [7, 11) is -3.28. The van der Waals surface area contributed by atoms with Crippen LogP contribution in [0, 0.1) is 11.3 Å². The van der Waals surface area contributed by atoms with Gasteiger partial charge >= 0.3 is 0 Å². The van der Waals surface area contributed by atoms with Crippen molar-refractivity contribution < 1.29 is 18.0 Å². The number of nitriles is 1. The summed E-state index contributed by atoms with van der Waals surface area (Å²) in [5.41, 5.74) is 0.694. The highest BCUT2D eigenvalue weighted by Gasteiger charge is 2.27. The molecule has 28 heavy (non-hydrogen) atoms. The average molecular weight is 407 g/mol. The predicted octanol–water partition coefficient (Wildman–Crippen LogP) is 1.25. The SMILES string of the molecule is CS(=O)(=O)N1CCCC(NC(=O)CCC(=O)N(CCC#N)c2ccccc2)C1. The molecule has 1 saturated heterocycles. The first-order valence-electron chi connectivity index (χ1n) is 9.28. The van der Waals surface area contributed by atoms with Gasteiger partial charge in [0.2, 0.25) is 21.8 Å². The molecule has 9 heteroatoms. The summed E-state index contributed by atoms with van der Waals surface area (Å²) in [6, 6.07) is 10.8. The fourth-order valence-electron chi connectivity index (χ4n) is 3.18. The highest BCUT2D eigenvalue weighted by atomic mass is 32.2. The highest BCUT2D eigenvalue weighted by Crippen LogP contribution is 2.16. The van der Waals surface area contributed by atoms with Crippen LogP contribution in [0.3, 0.4) is 0 Å². The lowest BCUT2D eigenvalue weighted by atomic mass is 10.1. The van der Waals surface area contributed by atoms with E-state index in [4.69, 9.17) is 5.26 Å². The molecular formula is C19H26N4O4S. The van der Waals surface area contributed by atoms with Crippen molar-refractivity contribution in [3.8, 4) is 6.07 Å². The lowest BCUT2D eigenvalue weighted by Gasteiger charge is -2.31. The Balaban J connectivity index is 1.88. The van der Waals surface area contributed by atoms with Crippen LogP contribution in [-0.4, -0.2) is 56.5 Å². The number of anilines is 1. The van der Waals surface area contributed by atoms with Crippen LogP contribution in [-0.2, 0) is 19.6 Å². The number of rotatable bonds is 8. The molecule has 2 amide bonds. The van der Waals surface area contributed by atoms with Gasteiger partial charge < -0.3 is 10.2 Å².